The lowest BCUT2D eigenvalue weighted by atomic mass is 10.1. The van der Waals surface area contributed by atoms with Gasteiger partial charge in [0.05, 0.1) is 6.61 Å². The van der Waals surface area contributed by atoms with E-state index in [1.165, 1.54) is 0 Å². The normalized spacial score (nSPS) is 18.8. The number of alkyl halides is 3. The fourth-order valence-corrected chi connectivity index (χ4v) is 2.43. The molecule has 1 aliphatic carbocycles. The number of ether oxygens (including phenoxy) is 1. The van der Waals surface area contributed by atoms with E-state index in [1.807, 2.05) is 12.1 Å². The molecule has 1 aromatic rings. The van der Waals surface area contributed by atoms with Gasteiger partial charge in [0.15, 0.2) is 0 Å². The Kier molecular flexibility index (Phi) is 4.07. The van der Waals surface area contributed by atoms with Crippen molar-refractivity contribution in [2.75, 3.05) is 12.4 Å². The van der Waals surface area contributed by atoms with Crippen molar-refractivity contribution in [3.05, 3.63) is 29.3 Å². The molecule has 1 aliphatic rings. The van der Waals surface area contributed by atoms with Crippen LogP contribution in [0.5, 0.6) is 5.75 Å². The smallest absolute Gasteiger partial charge is 0.441 e. The van der Waals surface area contributed by atoms with Crippen LogP contribution in [0, 0.1) is 0 Å². The molecule has 0 unspecified atom stereocenters. The minimum absolute atomic E-state index is 0.0506. The maximum atomic E-state index is 11.9. The maximum absolute atomic E-state index is 11.9. The second-order valence-electron chi connectivity index (χ2n) is 4.15. The summed E-state index contributed by atoms with van der Waals surface area (Å²) in [6.45, 7) is 0.0506. The molecule has 0 amide bonds. The molecule has 6 heteroatoms. The summed E-state index contributed by atoms with van der Waals surface area (Å²) in [6, 6.07) is 5.62. The zero-order valence-electron chi connectivity index (χ0n) is 9.67. The van der Waals surface area contributed by atoms with Crippen LogP contribution in [-0.2, 0) is 6.42 Å². The molecule has 1 aromatic carbocycles. The van der Waals surface area contributed by atoms with Gasteiger partial charge >= 0.3 is 5.51 Å². The van der Waals surface area contributed by atoms with Gasteiger partial charge in [-0.05, 0) is 47.9 Å². The van der Waals surface area contributed by atoms with E-state index in [0.717, 1.165) is 24.0 Å². The third kappa shape index (κ3) is 3.55. The molecule has 2 N–H and O–H groups in total. The Hall–Kier alpha value is -0.880. The van der Waals surface area contributed by atoms with E-state index in [4.69, 9.17) is 10.5 Å². The molecule has 18 heavy (non-hydrogen) atoms. The second kappa shape index (κ2) is 5.40. The molecule has 0 spiro atoms. The SMILES string of the molecule is N[C@H]1CCc2cc(OCCSC(F)(F)F)ccc21. The Morgan fingerprint density at radius 1 is 1.39 bits per heavy atom. The lowest BCUT2D eigenvalue weighted by Crippen LogP contribution is -2.08. The van der Waals surface area contributed by atoms with Crippen molar-refractivity contribution >= 4 is 11.8 Å². The third-order valence-corrected chi connectivity index (χ3v) is 3.55. The molecule has 0 bridgehead atoms. The molecule has 100 valence electrons. The summed E-state index contributed by atoms with van der Waals surface area (Å²) in [5.74, 6) is 0.519. The summed E-state index contributed by atoms with van der Waals surface area (Å²) in [7, 11) is 0. The van der Waals surface area contributed by atoms with E-state index in [-0.39, 0.29) is 30.2 Å². The number of fused-ring (bicyclic) bond motifs is 1. The summed E-state index contributed by atoms with van der Waals surface area (Å²) in [5, 5.41) is 0. The predicted octanol–water partition coefficient (Wildman–Crippen LogP) is 3.26. The highest BCUT2D eigenvalue weighted by molar-refractivity contribution is 8.00. The highest BCUT2D eigenvalue weighted by atomic mass is 32.2. The standard InChI is InChI=1S/C12H14F3NOS/c13-12(14,15)18-6-5-17-9-2-3-10-8(7-9)1-4-11(10)16/h2-3,7,11H,1,4-6,16H2/t11-/m0/s1. The fraction of sp³-hybridized carbons (Fsp3) is 0.500. The van der Waals surface area contributed by atoms with Crippen molar-refractivity contribution in [1.29, 1.82) is 0 Å². The third-order valence-electron chi connectivity index (χ3n) is 2.86. The van der Waals surface area contributed by atoms with Gasteiger partial charge < -0.3 is 10.5 Å². The van der Waals surface area contributed by atoms with Crippen molar-refractivity contribution in [1.82, 2.24) is 0 Å². The predicted molar refractivity (Wildman–Crippen MR) is 65.7 cm³/mol. The van der Waals surface area contributed by atoms with Crippen molar-refractivity contribution in [3.8, 4) is 5.75 Å². The number of thioether (sulfide) groups is 1. The van der Waals surface area contributed by atoms with E-state index in [1.54, 1.807) is 6.07 Å². The van der Waals surface area contributed by atoms with Crippen LogP contribution in [0.1, 0.15) is 23.6 Å². The van der Waals surface area contributed by atoms with Gasteiger partial charge in [0, 0.05) is 11.8 Å². The Morgan fingerprint density at radius 3 is 2.89 bits per heavy atom. The van der Waals surface area contributed by atoms with Crippen LogP contribution < -0.4 is 10.5 Å². The van der Waals surface area contributed by atoms with Crippen LogP contribution in [0.25, 0.3) is 0 Å². The van der Waals surface area contributed by atoms with Crippen molar-refractivity contribution in [2.45, 2.75) is 24.4 Å². The first-order valence-electron chi connectivity index (χ1n) is 5.67. The molecule has 0 fully saturated rings. The zero-order chi connectivity index (χ0) is 13.2. The average molecular weight is 277 g/mol. The van der Waals surface area contributed by atoms with Crippen molar-refractivity contribution in [3.63, 3.8) is 0 Å². The largest absolute Gasteiger partial charge is 0.493 e. The average Bonchev–Trinajstić information content (AvgIpc) is 2.65. The van der Waals surface area contributed by atoms with Gasteiger partial charge in [-0.3, -0.25) is 0 Å². The highest BCUT2D eigenvalue weighted by Gasteiger charge is 2.27. The topological polar surface area (TPSA) is 35.2 Å². The summed E-state index contributed by atoms with van der Waals surface area (Å²) in [5.41, 5.74) is 3.97. The Balaban J connectivity index is 1.84. The van der Waals surface area contributed by atoms with Gasteiger partial charge in [0.1, 0.15) is 5.75 Å². The summed E-state index contributed by atoms with van der Waals surface area (Å²) >= 11 is -0.0663. The number of benzene rings is 1. The lowest BCUT2D eigenvalue weighted by molar-refractivity contribution is -0.0329. The Bertz CT molecular complexity index is 422. The molecular formula is C12H14F3NOS. The van der Waals surface area contributed by atoms with Crippen LogP contribution in [0.4, 0.5) is 13.2 Å². The number of aryl methyl sites for hydroxylation is 1. The van der Waals surface area contributed by atoms with Crippen molar-refractivity contribution < 1.29 is 17.9 Å². The molecule has 2 nitrogen and oxygen atoms in total. The summed E-state index contributed by atoms with van der Waals surface area (Å²) < 4.78 is 41.0. The first-order valence-corrected chi connectivity index (χ1v) is 6.66. The molecule has 2 rings (SSSR count). The van der Waals surface area contributed by atoms with E-state index < -0.39 is 5.51 Å². The van der Waals surface area contributed by atoms with Crippen LogP contribution >= 0.6 is 11.8 Å². The first-order chi connectivity index (χ1) is 8.46. The van der Waals surface area contributed by atoms with E-state index >= 15 is 0 Å². The minimum Gasteiger partial charge on any atom is -0.493 e. The Morgan fingerprint density at radius 2 is 2.17 bits per heavy atom. The molecular weight excluding hydrogens is 263 g/mol. The molecule has 0 aromatic heterocycles. The number of rotatable bonds is 4. The monoisotopic (exact) mass is 277 g/mol. The number of hydrogen-bond donors (Lipinski definition) is 1. The highest BCUT2D eigenvalue weighted by Crippen LogP contribution is 2.32. The van der Waals surface area contributed by atoms with E-state index in [0.29, 0.717) is 5.75 Å². The molecule has 0 radical (unpaired) electrons. The van der Waals surface area contributed by atoms with Gasteiger partial charge in [-0.15, -0.1) is 0 Å². The van der Waals surface area contributed by atoms with Gasteiger partial charge in [-0.25, -0.2) is 0 Å². The molecule has 0 heterocycles. The number of hydrogen-bond acceptors (Lipinski definition) is 3. The minimum atomic E-state index is -4.19. The molecule has 0 saturated carbocycles. The van der Waals surface area contributed by atoms with Gasteiger partial charge in [-0.1, -0.05) is 6.07 Å². The Labute approximate surface area is 108 Å². The summed E-state index contributed by atoms with van der Waals surface area (Å²) in [4.78, 5) is 0. The van der Waals surface area contributed by atoms with Crippen LogP contribution in [0.2, 0.25) is 0 Å². The first kappa shape index (κ1) is 13.5. The van der Waals surface area contributed by atoms with Gasteiger partial charge in [0.2, 0.25) is 0 Å². The second-order valence-corrected chi connectivity index (χ2v) is 5.31. The van der Waals surface area contributed by atoms with Crippen molar-refractivity contribution in [2.24, 2.45) is 5.73 Å². The lowest BCUT2D eigenvalue weighted by Gasteiger charge is -2.10. The van der Waals surface area contributed by atoms with Crippen LogP contribution in [0.3, 0.4) is 0 Å². The number of halogens is 3. The molecule has 0 aliphatic heterocycles. The molecule has 0 saturated heterocycles. The van der Waals surface area contributed by atoms with Crippen LogP contribution in [0.15, 0.2) is 18.2 Å². The summed E-state index contributed by atoms with van der Waals surface area (Å²) in [6.07, 6.45) is 1.83. The number of nitrogens with two attached hydrogens (primary N) is 1. The maximum Gasteiger partial charge on any atom is 0.441 e. The zero-order valence-corrected chi connectivity index (χ0v) is 10.5. The quantitative estimate of drug-likeness (QED) is 0.858. The molecule has 1 atom stereocenters. The fourth-order valence-electron chi connectivity index (χ4n) is 2.03. The van der Waals surface area contributed by atoms with Gasteiger partial charge in [-0.2, -0.15) is 13.2 Å². The van der Waals surface area contributed by atoms with E-state index in [2.05, 4.69) is 0 Å². The van der Waals surface area contributed by atoms with Crippen LogP contribution in [-0.4, -0.2) is 17.9 Å². The van der Waals surface area contributed by atoms with Gasteiger partial charge in [0.25, 0.3) is 0 Å². The van der Waals surface area contributed by atoms with E-state index in [9.17, 15) is 13.2 Å².